The van der Waals surface area contributed by atoms with Crippen LogP contribution < -0.4 is 11.1 Å². The molecule has 0 aliphatic carbocycles. The molecule has 1 aromatic rings. The summed E-state index contributed by atoms with van der Waals surface area (Å²) in [5.74, 6) is 1.54. The molecule has 1 aliphatic rings. The number of rotatable bonds is 5. The van der Waals surface area contributed by atoms with Gasteiger partial charge in [0.2, 0.25) is 0 Å². The minimum absolute atomic E-state index is 0.540. The van der Waals surface area contributed by atoms with Gasteiger partial charge in [0.05, 0.1) is 11.4 Å². The minimum Gasteiger partial charge on any atom is -0.397 e. The molecule has 0 bridgehead atoms. The lowest BCUT2D eigenvalue weighted by Gasteiger charge is -2.40. The second-order valence-corrected chi connectivity index (χ2v) is 6.40. The molecule has 2 heterocycles. The molecule has 1 aliphatic heterocycles. The fourth-order valence-corrected chi connectivity index (χ4v) is 2.82. The molecule has 1 unspecified atom stereocenters. The van der Waals surface area contributed by atoms with Crippen molar-refractivity contribution in [2.24, 2.45) is 5.92 Å². The second-order valence-electron chi connectivity index (χ2n) is 6.40. The highest BCUT2D eigenvalue weighted by molar-refractivity contribution is 5.49. The van der Waals surface area contributed by atoms with Gasteiger partial charge in [-0.2, -0.15) is 0 Å². The zero-order chi connectivity index (χ0) is 15.4. The summed E-state index contributed by atoms with van der Waals surface area (Å²) in [5.41, 5.74) is 7.46. The van der Waals surface area contributed by atoms with Gasteiger partial charge in [0.15, 0.2) is 0 Å². The van der Waals surface area contributed by atoms with Gasteiger partial charge >= 0.3 is 0 Å². The molecule has 1 saturated heterocycles. The van der Waals surface area contributed by atoms with Crippen molar-refractivity contribution in [3.63, 3.8) is 0 Å². The van der Waals surface area contributed by atoms with Crippen LogP contribution in [0.1, 0.15) is 19.5 Å². The van der Waals surface area contributed by atoms with E-state index < -0.39 is 0 Å². The van der Waals surface area contributed by atoms with E-state index in [-0.39, 0.29) is 0 Å². The third kappa shape index (κ3) is 4.32. The van der Waals surface area contributed by atoms with Crippen LogP contribution in [0.2, 0.25) is 0 Å². The summed E-state index contributed by atoms with van der Waals surface area (Å²) in [6, 6.07) is 4.42. The third-order valence-corrected chi connectivity index (χ3v) is 4.40. The quantitative estimate of drug-likeness (QED) is 0.864. The topological polar surface area (TPSA) is 57.4 Å². The minimum atomic E-state index is 0.540. The first-order valence-corrected chi connectivity index (χ1v) is 7.87. The van der Waals surface area contributed by atoms with E-state index in [9.17, 15) is 0 Å². The zero-order valence-electron chi connectivity index (χ0n) is 13.8. The predicted molar refractivity (Wildman–Crippen MR) is 89.6 cm³/mol. The van der Waals surface area contributed by atoms with E-state index >= 15 is 0 Å². The number of anilines is 2. The number of nitrogens with two attached hydrogens (primary N) is 1. The lowest BCUT2D eigenvalue weighted by molar-refractivity contribution is 0.0944. The Labute approximate surface area is 128 Å². The maximum absolute atomic E-state index is 5.82. The normalized spacial score (nSPS) is 18.9. The highest BCUT2D eigenvalue weighted by Crippen LogP contribution is 2.16. The third-order valence-electron chi connectivity index (χ3n) is 4.40. The number of nitrogen functional groups attached to an aromatic ring is 1. The smallest absolute Gasteiger partial charge is 0.126 e. The molecule has 21 heavy (non-hydrogen) atoms. The van der Waals surface area contributed by atoms with Crippen molar-refractivity contribution < 1.29 is 0 Å². The van der Waals surface area contributed by atoms with Crippen LogP contribution in [-0.2, 0) is 0 Å². The lowest BCUT2D eigenvalue weighted by atomic mass is 10.0. The predicted octanol–water partition coefficient (Wildman–Crippen LogP) is 1.66. The standard InChI is InChI=1S/C16H29N5/c1-12(2)15(21-9-7-20(4)8-10-21)11-18-16-6-5-14(17)13(3)19-16/h5-6,12,15H,7-11,17H2,1-4H3,(H,18,19). The number of hydrogen-bond acceptors (Lipinski definition) is 5. The molecule has 0 saturated carbocycles. The van der Waals surface area contributed by atoms with Crippen molar-refractivity contribution in [3.05, 3.63) is 17.8 Å². The largest absolute Gasteiger partial charge is 0.397 e. The summed E-state index contributed by atoms with van der Waals surface area (Å²) >= 11 is 0. The number of pyridine rings is 1. The molecule has 1 atom stereocenters. The lowest BCUT2D eigenvalue weighted by Crippen LogP contribution is -2.52. The first-order chi connectivity index (χ1) is 9.97. The number of nitrogens with one attached hydrogen (secondary N) is 1. The van der Waals surface area contributed by atoms with Crippen LogP contribution in [0.25, 0.3) is 0 Å². The molecular formula is C16H29N5. The van der Waals surface area contributed by atoms with Crippen molar-refractivity contribution >= 4 is 11.5 Å². The van der Waals surface area contributed by atoms with Gasteiger partial charge in [-0.1, -0.05) is 13.8 Å². The van der Waals surface area contributed by atoms with Crippen LogP contribution in [0.5, 0.6) is 0 Å². The molecule has 5 nitrogen and oxygen atoms in total. The van der Waals surface area contributed by atoms with Crippen LogP contribution in [0.15, 0.2) is 12.1 Å². The second kappa shape index (κ2) is 7.09. The number of hydrogen-bond donors (Lipinski definition) is 2. The van der Waals surface area contributed by atoms with Gasteiger partial charge in [-0.3, -0.25) is 4.90 Å². The number of aryl methyl sites for hydroxylation is 1. The summed E-state index contributed by atoms with van der Waals surface area (Å²) in [4.78, 5) is 9.49. The molecule has 0 radical (unpaired) electrons. The first kappa shape index (κ1) is 16.0. The fourth-order valence-electron chi connectivity index (χ4n) is 2.82. The molecule has 0 spiro atoms. The number of nitrogens with zero attached hydrogens (tertiary/aromatic N) is 3. The van der Waals surface area contributed by atoms with Crippen LogP contribution in [0.4, 0.5) is 11.5 Å². The van der Waals surface area contributed by atoms with Crippen LogP contribution in [0, 0.1) is 12.8 Å². The summed E-state index contributed by atoms with van der Waals surface area (Å²) in [6.45, 7) is 12.1. The van der Waals surface area contributed by atoms with Crippen LogP contribution >= 0.6 is 0 Å². The van der Waals surface area contributed by atoms with Gasteiger partial charge < -0.3 is 16.0 Å². The van der Waals surface area contributed by atoms with E-state index in [0.29, 0.717) is 12.0 Å². The SMILES string of the molecule is Cc1nc(NCC(C(C)C)N2CCN(C)CC2)ccc1N. The molecule has 0 amide bonds. The van der Waals surface area contributed by atoms with Crippen molar-refractivity contribution in [2.45, 2.75) is 26.8 Å². The van der Waals surface area contributed by atoms with Crippen LogP contribution in [0.3, 0.4) is 0 Å². The van der Waals surface area contributed by atoms with Crippen molar-refractivity contribution in [1.82, 2.24) is 14.8 Å². The molecule has 0 aromatic carbocycles. The Morgan fingerprint density at radius 1 is 1.24 bits per heavy atom. The van der Waals surface area contributed by atoms with E-state index in [1.165, 1.54) is 0 Å². The average Bonchev–Trinajstić information content (AvgIpc) is 2.44. The van der Waals surface area contributed by atoms with E-state index in [4.69, 9.17) is 5.73 Å². The molecule has 2 rings (SSSR count). The fraction of sp³-hybridized carbons (Fsp3) is 0.688. The Morgan fingerprint density at radius 3 is 2.48 bits per heavy atom. The Balaban J connectivity index is 1.95. The van der Waals surface area contributed by atoms with Gasteiger partial charge in [-0.05, 0) is 32.0 Å². The highest BCUT2D eigenvalue weighted by Gasteiger charge is 2.24. The van der Waals surface area contributed by atoms with Crippen molar-refractivity contribution in [2.75, 3.05) is 50.8 Å². The van der Waals surface area contributed by atoms with Gasteiger partial charge in [-0.25, -0.2) is 4.98 Å². The molecule has 1 aromatic heterocycles. The maximum atomic E-state index is 5.82. The molecule has 1 fully saturated rings. The molecule has 3 N–H and O–H groups in total. The molecular weight excluding hydrogens is 262 g/mol. The molecule has 5 heteroatoms. The van der Waals surface area contributed by atoms with E-state index in [2.05, 4.69) is 41.0 Å². The Morgan fingerprint density at radius 2 is 1.90 bits per heavy atom. The Hall–Kier alpha value is -1.33. The van der Waals surface area contributed by atoms with Crippen LogP contribution in [-0.4, -0.2) is 60.6 Å². The van der Waals surface area contributed by atoms with Gasteiger partial charge in [0, 0.05) is 38.8 Å². The van der Waals surface area contributed by atoms with E-state index in [1.54, 1.807) is 0 Å². The van der Waals surface area contributed by atoms with E-state index in [1.807, 2.05) is 19.1 Å². The van der Waals surface area contributed by atoms with Crippen molar-refractivity contribution in [3.8, 4) is 0 Å². The van der Waals surface area contributed by atoms with Gasteiger partial charge in [-0.15, -0.1) is 0 Å². The van der Waals surface area contributed by atoms with Crippen molar-refractivity contribution in [1.29, 1.82) is 0 Å². The summed E-state index contributed by atoms with van der Waals surface area (Å²) in [6.07, 6.45) is 0. The highest BCUT2D eigenvalue weighted by atomic mass is 15.3. The summed E-state index contributed by atoms with van der Waals surface area (Å²) in [5, 5.41) is 3.48. The molecule has 118 valence electrons. The average molecular weight is 291 g/mol. The number of piperazine rings is 1. The maximum Gasteiger partial charge on any atom is 0.126 e. The number of likely N-dealkylation sites (N-methyl/N-ethyl adjacent to an activating group) is 1. The summed E-state index contributed by atoms with van der Waals surface area (Å²) in [7, 11) is 2.20. The zero-order valence-corrected chi connectivity index (χ0v) is 13.8. The summed E-state index contributed by atoms with van der Waals surface area (Å²) < 4.78 is 0. The first-order valence-electron chi connectivity index (χ1n) is 7.87. The van der Waals surface area contributed by atoms with Gasteiger partial charge in [0.25, 0.3) is 0 Å². The number of aromatic nitrogens is 1. The monoisotopic (exact) mass is 291 g/mol. The Kier molecular flexibility index (Phi) is 5.42. The van der Waals surface area contributed by atoms with Gasteiger partial charge in [0.1, 0.15) is 5.82 Å². The van der Waals surface area contributed by atoms with E-state index in [0.717, 1.165) is 49.9 Å². The Bertz CT molecular complexity index is 452.